The molecule has 4 rings (SSSR count). The highest BCUT2D eigenvalue weighted by molar-refractivity contribution is 7.90. The molecule has 1 saturated carbocycles. The van der Waals surface area contributed by atoms with Crippen LogP contribution in [0.15, 0.2) is 47.8 Å². The lowest BCUT2D eigenvalue weighted by Gasteiger charge is -2.41. The minimum absolute atomic E-state index is 0.0481. The first kappa shape index (κ1) is 20.8. The highest BCUT2D eigenvalue weighted by atomic mass is 32.2. The number of anilines is 1. The van der Waals surface area contributed by atoms with E-state index in [0.717, 1.165) is 9.54 Å². The zero-order valence-corrected chi connectivity index (χ0v) is 18.1. The Bertz CT molecular complexity index is 1290. The average molecular weight is 451 g/mol. The van der Waals surface area contributed by atoms with Gasteiger partial charge in [-0.3, -0.25) is 4.55 Å². The lowest BCUT2D eigenvalue weighted by molar-refractivity contribution is 0.277. The second-order valence-electron chi connectivity index (χ2n) is 7.71. The van der Waals surface area contributed by atoms with E-state index in [2.05, 4.69) is 9.97 Å². The first-order valence-electron chi connectivity index (χ1n) is 9.38. The van der Waals surface area contributed by atoms with Gasteiger partial charge in [0.15, 0.2) is 5.65 Å². The van der Waals surface area contributed by atoms with Crippen LogP contribution in [0.2, 0.25) is 0 Å². The number of aryl methyl sites for hydroxylation is 1. The molecule has 9 nitrogen and oxygen atoms in total. The Morgan fingerprint density at radius 2 is 1.77 bits per heavy atom. The highest BCUT2D eigenvalue weighted by Gasteiger charge is 2.36. The first-order chi connectivity index (χ1) is 14.1. The van der Waals surface area contributed by atoms with Gasteiger partial charge in [-0.25, -0.2) is 22.4 Å². The van der Waals surface area contributed by atoms with E-state index in [4.69, 9.17) is 4.55 Å². The van der Waals surface area contributed by atoms with Crippen LogP contribution in [0.25, 0.3) is 11.0 Å². The number of aromatic nitrogens is 3. The van der Waals surface area contributed by atoms with Gasteiger partial charge >= 0.3 is 0 Å². The molecule has 0 bridgehead atoms. The molecule has 1 aliphatic rings. The molecule has 1 N–H and O–H groups in total. The smallest absolute Gasteiger partial charge is 0.269 e. The maximum atomic E-state index is 13.1. The van der Waals surface area contributed by atoms with Crippen molar-refractivity contribution >= 4 is 37.0 Å². The second kappa shape index (κ2) is 7.33. The largest absolute Gasteiger partial charge is 0.356 e. The summed E-state index contributed by atoms with van der Waals surface area (Å²) in [6, 6.07) is 8.33. The molecule has 1 aliphatic carbocycles. The fourth-order valence-electron chi connectivity index (χ4n) is 3.84. The average Bonchev–Trinajstić information content (AvgIpc) is 3.08. The van der Waals surface area contributed by atoms with Crippen molar-refractivity contribution in [1.29, 1.82) is 0 Å². The molecule has 0 radical (unpaired) electrons. The molecule has 2 aromatic heterocycles. The van der Waals surface area contributed by atoms with Gasteiger partial charge in [0.2, 0.25) is 0 Å². The van der Waals surface area contributed by atoms with Gasteiger partial charge in [-0.1, -0.05) is 17.7 Å². The van der Waals surface area contributed by atoms with Crippen molar-refractivity contribution in [3.05, 3.63) is 48.4 Å². The molecule has 160 valence electrons. The van der Waals surface area contributed by atoms with Crippen LogP contribution in [-0.4, -0.2) is 54.2 Å². The van der Waals surface area contributed by atoms with E-state index in [0.29, 0.717) is 24.0 Å². The molecule has 0 unspecified atom stereocenters. The van der Waals surface area contributed by atoms with Gasteiger partial charge in [-0.05, 0) is 43.9 Å². The lowest BCUT2D eigenvalue weighted by Crippen LogP contribution is -2.45. The number of hydrogen-bond acceptors (Lipinski definition) is 7. The van der Waals surface area contributed by atoms with Crippen molar-refractivity contribution in [2.45, 2.75) is 30.7 Å². The number of rotatable bonds is 6. The van der Waals surface area contributed by atoms with Crippen molar-refractivity contribution in [2.24, 2.45) is 5.92 Å². The Kier molecular flexibility index (Phi) is 5.07. The summed E-state index contributed by atoms with van der Waals surface area (Å²) in [4.78, 5) is 10.6. The van der Waals surface area contributed by atoms with Crippen LogP contribution >= 0.6 is 0 Å². The third kappa shape index (κ3) is 3.80. The predicted molar refractivity (Wildman–Crippen MR) is 113 cm³/mol. The van der Waals surface area contributed by atoms with Crippen LogP contribution in [-0.2, 0) is 20.1 Å². The van der Waals surface area contributed by atoms with E-state index in [1.165, 1.54) is 12.5 Å². The Balaban J connectivity index is 1.64. The van der Waals surface area contributed by atoms with Crippen LogP contribution < -0.4 is 4.90 Å². The molecule has 1 fully saturated rings. The van der Waals surface area contributed by atoms with E-state index >= 15 is 0 Å². The Morgan fingerprint density at radius 1 is 1.10 bits per heavy atom. The third-order valence-corrected chi connectivity index (χ3v) is 8.12. The van der Waals surface area contributed by atoms with Gasteiger partial charge in [-0.15, -0.1) is 0 Å². The SMILES string of the molecule is Cc1ccc(S(=O)(=O)n2ccc3c(N(C)C4CC(CS(=O)(=O)O)C4)ncnc32)cc1. The number of benzene rings is 1. The van der Waals surface area contributed by atoms with Gasteiger partial charge in [0.05, 0.1) is 16.0 Å². The second-order valence-corrected chi connectivity index (χ2v) is 11.0. The molecule has 0 spiro atoms. The van der Waals surface area contributed by atoms with Crippen LogP contribution in [0.3, 0.4) is 0 Å². The van der Waals surface area contributed by atoms with E-state index in [1.54, 1.807) is 30.3 Å². The van der Waals surface area contributed by atoms with Crippen molar-refractivity contribution in [3.8, 4) is 0 Å². The number of hydrogen-bond donors (Lipinski definition) is 1. The molecular weight excluding hydrogens is 428 g/mol. The fraction of sp³-hybridized carbons (Fsp3) is 0.368. The van der Waals surface area contributed by atoms with Gasteiger partial charge in [-0.2, -0.15) is 8.42 Å². The first-order valence-corrected chi connectivity index (χ1v) is 12.4. The van der Waals surface area contributed by atoms with E-state index < -0.39 is 20.1 Å². The van der Waals surface area contributed by atoms with Crippen LogP contribution in [0.5, 0.6) is 0 Å². The third-order valence-electron chi connectivity index (χ3n) is 5.54. The zero-order valence-electron chi connectivity index (χ0n) is 16.5. The summed E-state index contributed by atoms with van der Waals surface area (Å²) in [5.41, 5.74) is 1.24. The molecule has 0 amide bonds. The minimum atomic E-state index is -3.99. The number of nitrogens with zero attached hydrogens (tertiary/aromatic N) is 4. The predicted octanol–water partition coefficient (Wildman–Crippen LogP) is 2.08. The summed E-state index contributed by atoms with van der Waals surface area (Å²) in [5, 5.41) is 0.592. The maximum absolute atomic E-state index is 13.1. The molecule has 30 heavy (non-hydrogen) atoms. The highest BCUT2D eigenvalue weighted by Crippen LogP contribution is 2.36. The van der Waals surface area contributed by atoms with Crippen molar-refractivity contribution in [2.75, 3.05) is 17.7 Å². The summed E-state index contributed by atoms with van der Waals surface area (Å²) in [6.07, 6.45) is 3.99. The number of fused-ring (bicyclic) bond motifs is 1. The molecule has 11 heteroatoms. The Morgan fingerprint density at radius 3 is 2.40 bits per heavy atom. The normalized spacial score (nSPS) is 19.6. The van der Waals surface area contributed by atoms with Crippen molar-refractivity contribution in [3.63, 3.8) is 0 Å². The maximum Gasteiger partial charge on any atom is 0.269 e. The Hall–Kier alpha value is -2.50. The van der Waals surface area contributed by atoms with Crippen LogP contribution in [0.4, 0.5) is 5.82 Å². The molecule has 0 aliphatic heterocycles. The molecular formula is C19H22N4O5S2. The van der Waals surface area contributed by atoms with Crippen LogP contribution in [0, 0.1) is 12.8 Å². The summed E-state index contributed by atoms with van der Waals surface area (Å²) in [6.45, 7) is 1.89. The summed E-state index contributed by atoms with van der Waals surface area (Å²) >= 11 is 0. The summed E-state index contributed by atoms with van der Waals surface area (Å²) < 4.78 is 58.4. The van der Waals surface area contributed by atoms with Crippen molar-refractivity contribution < 1.29 is 21.4 Å². The zero-order chi connectivity index (χ0) is 21.7. The van der Waals surface area contributed by atoms with Gasteiger partial charge in [0, 0.05) is 19.3 Å². The molecule has 0 saturated heterocycles. The van der Waals surface area contributed by atoms with Gasteiger partial charge in [0.1, 0.15) is 12.1 Å². The van der Waals surface area contributed by atoms with Gasteiger partial charge < -0.3 is 4.90 Å². The quantitative estimate of drug-likeness (QED) is 0.566. The minimum Gasteiger partial charge on any atom is -0.356 e. The van der Waals surface area contributed by atoms with E-state index in [1.807, 2.05) is 18.9 Å². The lowest BCUT2D eigenvalue weighted by atomic mass is 9.81. The topological polar surface area (TPSA) is 122 Å². The van der Waals surface area contributed by atoms with E-state index in [9.17, 15) is 16.8 Å². The molecule has 3 aromatic rings. The van der Waals surface area contributed by atoms with Crippen molar-refractivity contribution in [1.82, 2.24) is 13.9 Å². The molecule has 1 aromatic carbocycles. The van der Waals surface area contributed by atoms with Gasteiger partial charge in [0.25, 0.3) is 20.1 Å². The monoisotopic (exact) mass is 450 g/mol. The van der Waals surface area contributed by atoms with Crippen LogP contribution in [0.1, 0.15) is 18.4 Å². The molecule has 0 atom stereocenters. The Labute approximate surface area is 175 Å². The standard InChI is InChI=1S/C19H22N4O5S2/c1-13-3-5-16(6-4-13)30(27,28)23-8-7-17-18(20-12-21-19(17)23)22(2)15-9-14(10-15)11-29(24,25)26/h3-8,12,14-15H,9-11H2,1-2H3,(H,24,25,26). The summed E-state index contributed by atoms with van der Waals surface area (Å²) in [7, 11) is -5.96. The molecule has 2 heterocycles. The summed E-state index contributed by atoms with van der Waals surface area (Å²) in [5.74, 6) is 0.228. The fourth-order valence-corrected chi connectivity index (χ4v) is 6.01. The van der Waals surface area contributed by atoms with E-state index in [-0.39, 0.29) is 28.3 Å².